The standard InChI is InChI=1S/C13H22N2O/c1-10(11-7-8-11)9-14-13(16)15-12-5-3-2-4-6-12/h9,11-12H,2-8H2,1H3,(H2,14,15,16)/b10-9+. The van der Waals surface area contributed by atoms with Crippen LogP contribution in [0, 0.1) is 5.92 Å². The highest BCUT2D eigenvalue weighted by molar-refractivity contribution is 5.75. The summed E-state index contributed by atoms with van der Waals surface area (Å²) in [6.07, 6.45) is 10.5. The minimum atomic E-state index is -0.0353. The molecule has 0 aromatic heterocycles. The molecule has 90 valence electrons. The van der Waals surface area contributed by atoms with Crippen molar-refractivity contribution in [3.63, 3.8) is 0 Å². The number of carbonyl (C=O) groups excluding carboxylic acids is 1. The normalized spacial score (nSPS) is 22.9. The van der Waals surface area contributed by atoms with E-state index in [2.05, 4.69) is 17.6 Å². The fraction of sp³-hybridized carbons (Fsp3) is 0.769. The lowest BCUT2D eigenvalue weighted by Crippen LogP contribution is -2.41. The van der Waals surface area contributed by atoms with Crippen LogP contribution in [0.4, 0.5) is 4.79 Å². The van der Waals surface area contributed by atoms with E-state index in [1.807, 2.05) is 6.20 Å². The van der Waals surface area contributed by atoms with Crippen molar-refractivity contribution in [2.75, 3.05) is 0 Å². The summed E-state index contributed by atoms with van der Waals surface area (Å²) >= 11 is 0. The fourth-order valence-corrected chi connectivity index (χ4v) is 2.31. The maximum absolute atomic E-state index is 11.6. The van der Waals surface area contributed by atoms with E-state index in [1.165, 1.54) is 37.7 Å². The Kier molecular flexibility index (Phi) is 3.86. The zero-order valence-corrected chi connectivity index (χ0v) is 10.1. The second kappa shape index (κ2) is 5.37. The van der Waals surface area contributed by atoms with E-state index in [-0.39, 0.29) is 6.03 Å². The van der Waals surface area contributed by atoms with Gasteiger partial charge in [0.15, 0.2) is 0 Å². The number of urea groups is 1. The Morgan fingerprint density at radius 2 is 1.81 bits per heavy atom. The van der Waals surface area contributed by atoms with Gasteiger partial charge in [-0.1, -0.05) is 24.8 Å². The Morgan fingerprint density at radius 1 is 1.12 bits per heavy atom. The topological polar surface area (TPSA) is 41.1 Å². The molecule has 2 aliphatic carbocycles. The predicted octanol–water partition coefficient (Wildman–Crippen LogP) is 2.93. The summed E-state index contributed by atoms with van der Waals surface area (Å²) < 4.78 is 0. The highest BCUT2D eigenvalue weighted by Gasteiger charge is 2.23. The molecule has 2 aliphatic rings. The first kappa shape index (κ1) is 11.5. The van der Waals surface area contributed by atoms with E-state index < -0.39 is 0 Å². The molecule has 2 fully saturated rings. The minimum Gasteiger partial charge on any atom is -0.335 e. The fourth-order valence-electron chi connectivity index (χ4n) is 2.31. The van der Waals surface area contributed by atoms with Crippen molar-refractivity contribution >= 4 is 6.03 Å². The summed E-state index contributed by atoms with van der Waals surface area (Å²) in [6.45, 7) is 2.10. The van der Waals surface area contributed by atoms with E-state index in [4.69, 9.17) is 0 Å². The third-order valence-electron chi connectivity index (χ3n) is 3.59. The monoisotopic (exact) mass is 222 g/mol. The molecule has 16 heavy (non-hydrogen) atoms. The third kappa shape index (κ3) is 3.54. The van der Waals surface area contributed by atoms with E-state index in [9.17, 15) is 4.79 Å². The van der Waals surface area contributed by atoms with E-state index in [0.29, 0.717) is 6.04 Å². The average Bonchev–Trinajstić information content (AvgIpc) is 3.11. The van der Waals surface area contributed by atoms with Crippen molar-refractivity contribution in [1.29, 1.82) is 0 Å². The van der Waals surface area contributed by atoms with E-state index in [0.717, 1.165) is 18.8 Å². The van der Waals surface area contributed by atoms with E-state index in [1.54, 1.807) is 0 Å². The van der Waals surface area contributed by atoms with Gasteiger partial charge in [-0.25, -0.2) is 4.79 Å². The number of rotatable bonds is 3. The number of amides is 2. The van der Waals surface area contributed by atoms with Crippen molar-refractivity contribution in [1.82, 2.24) is 10.6 Å². The SMILES string of the molecule is C/C(=C\NC(=O)NC1CCCCC1)C1CC1. The second-order valence-corrected chi connectivity index (χ2v) is 5.12. The number of carbonyl (C=O) groups is 1. The number of hydrogen-bond acceptors (Lipinski definition) is 1. The first-order valence-corrected chi connectivity index (χ1v) is 6.49. The smallest absolute Gasteiger partial charge is 0.318 e. The predicted molar refractivity (Wildman–Crippen MR) is 65.0 cm³/mol. The summed E-state index contributed by atoms with van der Waals surface area (Å²) in [6, 6.07) is 0.357. The first-order chi connectivity index (χ1) is 7.75. The van der Waals surface area contributed by atoms with Gasteiger partial charge in [-0.2, -0.15) is 0 Å². The highest BCUT2D eigenvalue weighted by atomic mass is 16.2. The van der Waals surface area contributed by atoms with Crippen LogP contribution >= 0.6 is 0 Å². The van der Waals surface area contributed by atoms with Gasteiger partial charge in [-0.05, 0) is 38.5 Å². The van der Waals surface area contributed by atoms with Gasteiger partial charge in [-0.15, -0.1) is 0 Å². The van der Waals surface area contributed by atoms with Gasteiger partial charge in [0.05, 0.1) is 0 Å². The van der Waals surface area contributed by atoms with Gasteiger partial charge in [0.1, 0.15) is 0 Å². The van der Waals surface area contributed by atoms with Gasteiger partial charge in [0.2, 0.25) is 0 Å². The molecule has 0 radical (unpaired) electrons. The average molecular weight is 222 g/mol. The Morgan fingerprint density at radius 3 is 2.44 bits per heavy atom. The van der Waals surface area contributed by atoms with Gasteiger partial charge < -0.3 is 10.6 Å². The van der Waals surface area contributed by atoms with Crippen LogP contribution in [0.5, 0.6) is 0 Å². The molecule has 2 rings (SSSR count). The highest BCUT2D eigenvalue weighted by Crippen LogP contribution is 2.35. The lowest BCUT2D eigenvalue weighted by molar-refractivity contribution is 0.236. The van der Waals surface area contributed by atoms with Gasteiger partial charge in [-0.3, -0.25) is 0 Å². The summed E-state index contributed by atoms with van der Waals surface area (Å²) in [5.74, 6) is 0.731. The minimum absolute atomic E-state index is 0.0353. The summed E-state index contributed by atoms with van der Waals surface area (Å²) in [7, 11) is 0. The molecule has 0 aromatic rings. The Hall–Kier alpha value is -0.990. The molecule has 0 aromatic carbocycles. The lowest BCUT2D eigenvalue weighted by atomic mass is 9.96. The molecule has 2 saturated carbocycles. The summed E-state index contributed by atoms with van der Waals surface area (Å²) in [5.41, 5.74) is 1.30. The molecule has 0 saturated heterocycles. The molecule has 0 bridgehead atoms. The Labute approximate surface area is 97.7 Å². The zero-order valence-electron chi connectivity index (χ0n) is 10.1. The molecule has 0 heterocycles. The van der Waals surface area contributed by atoms with Crippen LogP contribution in [0.2, 0.25) is 0 Å². The van der Waals surface area contributed by atoms with Gasteiger partial charge >= 0.3 is 6.03 Å². The van der Waals surface area contributed by atoms with Crippen molar-refractivity contribution in [3.8, 4) is 0 Å². The quantitative estimate of drug-likeness (QED) is 0.757. The molecular weight excluding hydrogens is 200 g/mol. The lowest BCUT2D eigenvalue weighted by Gasteiger charge is -2.22. The van der Waals surface area contributed by atoms with Crippen molar-refractivity contribution < 1.29 is 4.79 Å². The Balaban J connectivity index is 1.68. The molecule has 2 amide bonds. The van der Waals surface area contributed by atoms with Crippen molar-refractivity contribution in [2.45, 2.75) is 57.9 Å². The largest absolute Gasteiger partial charge is 0.335 e. The molecule has 3 heteroatoms. The molecule has 0 aliphatic heterocycles. The van der Waals surface area contributed by atoms with Crippen LogP contribution in [0.1, 0.15) is 51.9 Å². The van der Waals surface area contributed by atoms with Crippen LogP contribution in [-0.4, -0.2) is 12.1 Å². The summed E-state index contributed by atoms with van der Waals surface area (Å²) in [5, 5.41) is 5.88. The third-order valence-corrected chi connectivity index (χ3v) is 3.59. The Bertz CT molecular complexity index is 276. The van der Waals surface area contributed by atoms with Gasteiger partial charge in [0.25, 0.3) is 0 Å². The summed E-state index contributed by atoms with van der Waals surface area (Å²) in [4.78, 5) is 11.6. The van der Waals surface area contributed by atoms with Crippen LogP contribution in [-0.2, 0) is 0 Å². The number of nitrogens with one attached hydrogen (secondary N) is 2. The molecule has 0 unspecified atom stereocenters. The van der Waals surface area contributed by atoms with Crippen LogP contribution in [0.25, 0.3) is 0 Å². The first-order valence-electron chi connectivity index (χ1n) is 6.49. The zero-order chi connectivity index (χ0) is 11.4. The second-order valence-electron chi connectivity index (χ2n) is 5.12. The molecule has 0 spiro atoms. The number of allylic oxidation sites excluding steroid dienone is 1. The molecule has 3 nitrogen and oxygen atoms in total. The number of hydrogen-bond donors (Lipinski definition) is 2. The molecule has 2 N–H and O–H groups in total. The van der Waals surface area contributed by atoms with Crippen LogP contribution < -0.4 is 10.6 Å². The van der Waals surface area contributed by atoms with E-state index >= 15 is 0 Å². The van der Waals surface area contributed by atoms with Crippen molar-refractivity contribution in [2.24, 2.45) is 5.92 Å². The maximum atomic E-state index is 11.6. The van der Waals surface area contributed by atoms with Crippen LogP contribution in [0.15, 0.2) is 11.8 Å². The molecule has 0 atom stereocenters. The van der Waals surface area contributed by atoms with Crippen LogP contribution in [0.3, 0.4) is 0 Å². The van der Waals surface area contributed by atoms with Crippen molar-refractivity contribution in [3.05, 3.63) is 11.8 Å². The maximum Gasteiger partial charge on any atom is 0.318 e. The van der Waals surface area contributed by atoms with Gasteiger partial charge in [0, 0.05) is 12.2 Å². The molecular formula is C13H22N2O.